The van der Waals surface area contributed by atoms with E-state index in [-0.39, 0.29) is 11.7 Å². The van der Waals surface area contributed by atoms with Gasteiger partial charge in [0, 0.05) is 20.0 Å². The minimum atomic E-state index is -0.387. The molecule has 1 amide bonds. The third-order valence-electron chi connectivity index (χ3n) is 3.79. The maximum Gasteiger partial charge on any atom is 0.291 e. The summed E-state index contributed by atoms with van der Waals surface area (Å²) < 4.78 is 22.1. The second-order valence-corrected chi connectivity index (χ2v) is 5.71. The van der Waals surface area contributed by atoms with Crippen LogP contribution >= 0.6 is 0 Å². The molecule has 0 bridgehead atoms. The molecule has 26 heavy (non-hydrogen) atoms. The molecular weight excluding hydrogens is 341 g/mol. The average Bonchev–Trinajstić information content (AvgIpc) is 3.35. The van der Waals surface area contributed by atoms with Crippen LogP contribution in [0.2, 0.25) is 0 Å². The van der Waals surface area contributed by atoms with Crippen molar-refractivity contribution < 1.29 is 18.1 Å². The summed E-state index contributed by atoms with van der Waals surface area (Å²) in [6, 6.07) is 2.78. The highest BCUT2D eigenvalue weighted by molar-refractivity contribution is 5.91. The number of piperidine rings is 1. The van der Waals surface area contributed by atoms with Crippen molar-refractivity contribution in [2.45, 2.75) is 26.2 Å². The van der Waals surface area contributed by atoms with Gasteiger partial charge in [-0.3, -0.25) is 4.79 Å². The lowest BCUT2D eigenvalue weighted by atomic mass is 10.1. The van der Waals surface area contributed by atoms with Gasteiger partial charge in [-0.25, -0.2) is 14.4 Å². The molecule has 8 nitrogen and oxygen atoms in total. The number of likely N-dealkylation sites (tertiary alicyclic amines) is 1. The smallest absolute Gasteiger partial charge is 0.291 e. The zero-order chi connectivity index (χ0) is 18.4. The van der Waals surface area contributed by atoms with E-state index in [2.05, 4.69) is 24.6 Å². The number of pyridine rings is 1. The summed E-state index contributed by atoms with van der Waals surface area (Å²) in [5, 5.41) is 3.55. The van der Waals surface area contributed by atoms with Crippen molar-refractivity contribution in [1.29, 1.82) is 0 Å². The molecule has 4 heterocycles. The summed E-state index contributed by atoms with van der Waals surface area (Å²) in [4.78, 5) is 25.1. The molecule has 0 saturated carbocycles. The molecule has 9 heteroatoms. The van der Waals surface area contributed by atoms with Gasteiger partial charge in [-0.1, -0.05) is 5.16 Å². The Bertz CT molecular complexity index is 826. The highest BCUT2D eigenvalue weighted by atomic mass is 19.1. The number of hydrogen-bond donors (Lipinski definition) is 0. The van der Waals surface area contributed by atoms with Crippen LogP contribution in [0.1, 0.15) is 35.7 Å². The van der Waals surface area contributed by atoms with E-state index in [4.69, 9.17) is 4.42 Å². The van der Waals surface area contributed by atoms with Crippen molar-refractivity contribution in [3.05, 3.63) is 48.4 Å². The third kappa shape index (κ3) is 4.50. The summed E-state index contributed by atoms with van der Waals surface area (Å²) in [6.45, 7) is 3.43. The van der Waals surface area contributed by atoms with Crippen molar-refractivity contribution in [1.82, 2.24) is 25.0 Å². The van der Waals surface area contributed by atoms with E-state index in [1.54, 1.807) is 6.92 Å². The maximum absolute atomic E-state index is 12.4. The fourth-order valence-electron chi connectivity index (χ4n) is 2.50. The molecule has 1 aliphatic rings. The number of halogens is 1. The Hall–Kier alpha value is -3.10. The number of hydrogen-bond acceptors (Lipinski definition) is 7. The van der Waals surface area contributed by atoms with E-state index >= 15 is 0 Å². The summed E-state index contributed by atoms with van der Waals surface area (Å²) >= 11 is 0. The van der Waals surface area contributed by atoms with Gasteiger partial charge in [-0.05, 0) is 31.4 Å². The van der Waals surface area contributed by atoms with Crippen molar-refractivity contribution in [2.75, 3.05) is 13.1 Å². The molecule has 0 N–H and O–H groups in total. The van der Waals surface area contributed by atoms with Crippen LogP contribution < -0.4 is 0 Å². The van der Waals surface area contributed by atoms with E-state index in [1.807, 2.05) is 4.90 Å². The van der Waals surface area contributed by atoms with Crippen LogP contribution in [0.5, 0.6) is 0 Å². The predicted octanol–water partition coefficient (Wildman–Crippen LogP) is 2.88. The van der Waals surface area contributed by atoms with Crippen LogP contribution in [0.15, 0.2) is 39.9 Å². The van der Waals surface area contributed by atoms with Gasteiger partial charge in [-0.2, -0.15) is 4.98 Å². The molecule has 1 saturated heterocycles. The Morgan fingerprint density at radius 2 is 1.92 bits per heavy atom. The van der Waals surface area contributed by atoms with E-state index < -0.39 is 0 Å². The summed E-state index contributed by atoms with van der Waals surface area (Å²) in [5.41, 5.74) is 0.491. The van der Waals surface area contributed by atoms with Crippen molar-refractivity contribution in [3.8, 4) is 11.5 Å². The molecular formula is C17H18FN5O3. The Kier molecular flexibility index (Phi) is 5.67. The zero-order valence-corrected chi connectivity index (χ0v) is 14.3. The number of aryl methyl sites for hydroxylation is 1. The SMILES string of the molecule is Cc1ncc(C(=O)N2CCCCC2)o1.Fc1ccc(-c2ncon2)nc1. The van der Waals surface area contributed by atoms with E-state index in [0.717, 1.165) is 32.1 Å². The number of carbonyl (C=O) groups excluding carboxylic acids is 1. The molecule has 0 atom stereocenters. The molecule has 0 radical (unpaired) electrons. The first-order valence-corrected chi connectivity index (χ1v) is 8.23. The van der Waals surface area contributed by atoms with Gasteiger partial charge in [0.2, 0.25) is 18.0 Å². The molecule has 0 spiro atoms. The second-order valence-electron chi connectivity index (χ2n) is 5.71. The van der Waals surface area contributed by atoms with Crippen molar-refractivity contribution in [3.63, 3.8) is 0 Å². The highest BCUT2D eigenvalue weighted by Crippen LogP contribution is 2.13. The standard InChI is InChI=1S/C10H14N2O2.C7H4FN3O/c1-8-11-7-9(14-8)10(13)12-5-3-2-4-6-12;8-5-1-2-6(9-3-5)7-10-4-12-11-7/h7H,2-6H2,1H3;1-4H. The molecule has 1 fully saturated rings. The number of rotatable bonds is 2. The normalized spacial score (nSPS) is 13.8. The number of oxazole rings is 1. The quantitative estimate of drug-likeness (QED) is 0.694. The molecule has 3 aromatic heterocycles. The molecule has 1 aliphatic heterocycles. The van der Waals surface area contributed by atoms with Gasteiger partial charge in [0.05, 0.1) is 12.4 Å². The van der Waals surface area contributed by atoms with Crippen LogP contribution in [-0.2, 0) is 0 Å². The van der Waals surface area contributed by atoms with Gasteiger partial charge >= 0.3 is 0 Å². The molecule has 0 unspecified atom stereocenters. The molecule has 3 aromatic rings. The molecule has 0 aliphatic carbocycles. The Balaban J connectivity index is 0.000000152. The average molecular weight is 359 g/mol. The van der Waals surface area contributed by atoms with E-state index in [1.165, 1.54) is 31.1 Å². The van der Waals surface area contributed by atoms with E-state index in [0.29, 0.717) is 23.2 Å². The summed E-state index contributed by atoms with van der Waals surface area (Å²) in [5.74, 6) is 0.859. The second kappa shape index (κ2) is 8.32. The first kappa shape index (κ1) is 17.7. The molecule has 4 rings (SSSR count). The van der Waals surface area contributed by atoms with Gasteiger partial charge in [0.25, 0.3) is 5.91 Å². The number of carbonyl (C=O) groups is 1. The van der Waals surface area contributed by atoms with Crippen molar-refractivity contribution >= 4 is 5.91 Å². The molecule has 136 valence electrons. The van der Waals surface area contributed by atoms with Crippen LogP contribution in [0.3, 0.4) is 0 Å². The lowest BCUT2D eigenvalue weighted by Gasteiger charge is -2.25. The van der Waals surface area contributed by atoms with E-state index in [9.17, 15) is 9.18 Å². The van der Waals surface area contributed by atoms with Crippen LogP contribution in [-0.4, -0.2) is 44.0 Å². The fraction of sp³-hybridized carbons (Fsp3) is 0.353. The Morgan fingerprint density at radius 1 is 1.12 bits per heavy atom. The third-order valence-corrected chi connectivity index (χ3v) is 3.79. The monoisotopic (exact) mass is 359 g/mol. The summed E-state index contributed by atoms with van der Waals surface area (Å²) in [7, 11) is 0. The number of aromatic nitrogens is 4. The van der Waals surface area contributed by atoms with Gasteiger partial charge in [-0.15, -0.1) is 0 Å². The lowest BCUT2D eigenvalue weighted by molar-refractivity contribution is 0.0690. The van der Waals surface area contributed by atoms with Crippen LogP contribution in [0.25, 0.3) is 11.5 Å². The molecule has 0 aromatic carbocycles. The van der Waals surface area contributed by atoms with Crippen LogP contribution in [0.4, 0.5) is 4.39 Å². The first-order chi connectivity index (χ1) is 12.6. The topological polar surface area (TPSA) is 98.2 Å². The number of nitrogens with zero attached hydrogens (tertiary/aromatic N) is 5. The largest absolute Gasteiger partial charge is 0.436 e. The minimum Gasteiger partial charge on any atom is -0.436 e. The predicted molar refractivity (Wildman–Crippen MR) is 88.5 cm³/mol. The zero-order valence-electron chi connectivity index (χ0n) is 14.3. The Labute approximate surface area is 149 Å². The van der Waals surface area contributed by atoms with Crippen LogP contribution in [0, 0.1) is 12.7 Å². The Morgan fingerprint density at radius 3 is 2.50 bits per heavy atom. The van der Waals surface area contributed by atoms with Gasteiger partial charge < -0.3 is 13.8 Å². The first-order valence-electron chi connectivity index (χ1n) is 8.23. The maximum atomic E-state index is 12.4. The minimum absolute atomic E-state index is 0.0229. The van der Waals surface area contributed by atoms with Gasteiger partial charge in [0.15, 0.2) is 5.89 Å². The fourth-order valence-corrected chi connectivity index (χ4v) is 2.50. The lowest BCUT2D eigenvalue weighted by Crippen LogP contribution is -2.35. The highest BCUT2D eigenvalue weighted by Gasteiger charge is 2.20. The van der Waals surface area contributed by atoms with Crippen molar-refractivity contribution in [2.24, 2.45) is 0 Å². The van der Waals surface area contributed by atoms with Gasteiger partial charge in [0.1, 0.15) is 11.5 Å². The summed E-state index contributed by atoms with van der Waals surface area (Å²) in [6.07, 6.45) is 7.22. The number of amides is 1.